The number of nitrogens with zero attached hydrogens (tertiary/aromatic N) is 4. The summed E-state index contributed by atoms with van der Waals surface area (Å²) in [6.45, 7) is 6.26. The number of hydrogen-bond acceptors (Lipinski definition) is 4. The number of likely N-dealkylation sites (tertiary alicyclic amines) is 2. The lowest BCUT2D eigenvalue weighted by Crippen LogP contribution is -2.43. The number of rotatable bonds is 4. The minimum atomic E-state index is -0.302. The molecule has 0 radical (unpaired) electrons. The van der Waals surface area contributed by atoms with Crippen LogP contribution >= 0.6 is 11.8 Å². The van der Waals surface area contributed by atoms with Crippen molar-refractivity contribution in [3.05, 3.63) is 0 Å². The number of carbonyl (C=O) groups excluding carboxylic acids is 2. The minimum Gasteiger partial charge on any atom is -0.336 e. The van der Waals surface area contributed by atoms with Gasteiger partial charge in [0.15, 0.2) is 0 Å². The third kappa shape index (κ3) is 4.07. The van der Waals surface area contributed by atoms with Crippen molar-refractivity contribution in [1.82, 2.24) is 19.5 Å². The molecule has 0 spiro atoms. The first kappa shape index (κ1) is 19.2. The Bertz CT molecular complexity index is 579. The number of urea groups is 1. The second-order valence-corrected chi connectivity index (χ2v) is 8.52. The Morgan fingerprint density at radius 2 is 1.96 bits per heavy atom. The van der Waals surface area contributed by atoms with E-state index < -0.39 is 0 Å². The zero-order chi connectivity index (χ0) is 18.8. The van der Waals surface area contributed by atoms with Gasteiger partial charge in [0.1, 0.15) is 6.04 Å². The summed E-state index contributed by atoms with van der Waals surface area (Å²) in [5.74, 6) is 0.847. The van der Waals surface area contributed by atoms with Crippen molar-refractivity contribution in [3.63, 3.8) is 0 Å². The van der Waals surface area contributed by atoms with Crippen LogP contribution in [-0.2, 0) is 4.79 Å². The lowest BCUT2D eigenvalue weighted by Gasteiger charge is -2.27. The van der Waals surface area contributed by atoms with E-state index in [2.05, 4.69) is 11.4 Å². The average Bonchev–Trinajstić information content (AvgIpc) is 3.27. The summed E-state index contributed by atoms with van der Waals surface area (Å²) < 4.78 is 1.63. The fourth-order valence-electron chi connectivity index (χ4n) is 4.55. The van der Waals surface area contributed by atoms with Crippen molar-refractivity contribution >= 4 is 23.7 Å². The second kappa shape index (κ2) is 8.01. The van der Waals surface area contributed by atoms with Crippen LogP contribution in [0.15, 0.2) is 0 Å². The van der Waals surface area contributed by atoms with Crippen LogP contribution in [0.2, 0.25) is 0 Å². The topological polar surface area (TPSA) is 79.7 Å². The van der Waals surface area contributed by atoms with Gasteiger partial charge in [0, 0.05) is 31.7 Å². The van der Waals surface area contributed by atoms with Crippen LogP contribution in [0.1, 0.15) is 39.5 Å². The molecule has 0 bridgehead atoms. The smallest absolute Gasteiger partial charge is 0.317 e. The van der Waals surface area contributed by atoms with Gasteiger partial charge >= 0.3 is 6.03 Å². The summed E-state index contributed by atoms with van der Waals surface area (Å²) in [4.78, 5) is 28.2. The molecule has 0 aromatic heterocycles. The highest BCUT2D eigenvalue weighted by molar-refractivity contribution is 6.14. The highest BCUT2D eigenvalue weighted by atomic mass is 35.5. The van der Waals surface area contributed by atoms with E-state index >= 15 is 0 Å². The Morgan fingerprint density at radius 1 is 1.31 bits per heavy atom. The van der Waals surface area contributed by atoms with Gasteiger partial charge in [-0.25, -0.2) is 9.21 Å². The molecular weight excluding hydrogens is 354 g/mol. The summed E-state index contributed by atoms with van der Waals surface area (Å²) in [6.07, 6.45) is 3.46. The lowest BCUT2D eigenvalue weighted by molar-refractivity contribution is -0.131. The molecule has 3 aliphatic rings. The van der Waals surface area contributed by atoms with Crippen molar-refractivity contribution in [2.24, 2.45) is 11.8 Å². The molecule has 2 unspecified atom stereocenters. The van der Waals surface area contributed by atoms with Crippen molar-refractivity contribution in [2.45, 2.75) is 57.7 Å². The van der Waals surface area contributed by atoms with Crippen LogP contribution in [0, 0.1) is 23.2 Å². The number of amides is 3. The third-order valence-electron chi connectivity index (χ3n) is 5.83. The molecule has 3 rings (SSSR count). The number of nitriles is 1. The Kier molecular flexibility index (Phi) is 5.93. The average molecular weight is 382 g/mol. The molecule has 1 N–H and O–H groups in total. The van der Waals surface area contributed by atoms with Gasteiger partial charge in [0.05, 0.1) is 12.6 Å². The number of carbonyl (C=O) groups is 2. The Balaban J connectivity index is 1.48. The maximum absolute atomic E-state index is 12.5. The van der Waals surface area contributed by atoms with E-state index in [9.17, 15) is 9.59 Å². The molecule has 4 atom stereocenters. The van der Waals surface area contributed by atoms with Gasteiger partial charge in [-0.15, -0.1) is 0 Å². The van der Waals surface area contributed by atoms with E-state index in [-0.39, 0.29) is 36.6 Å². The molecule has 0 aromatic rings. The molecule has 144 valence electrons. The fraction of sp³-hybridized carbons (Fsp3) is 0.833. The van der Waals surface area contributed by atoms with Gasteiger partial charge in [-0.05, 0) is 63.1 Å². The molecule has 2 heterocycles. The summed E-state index contributed by atoms with van der Waals surface area (Å²) in [7, 11) is 0. The number of fused-ring (bicyclic) bond motifs is 1. The maximum atomic E-state index is 12.5. The molecular formula is C18H28ClN5O2. The number of hydrogen-bond donors (Lipinski definition) is 1. The van der Waals surface area contributed by atoms with Crippen LogP contribution in [-0.4, -0.2) is 70.5 Å². The number of halogens is 1. The lowest BCUT2D eigenvalue weighted by atomic mass is 10.0. The minimum absolute atomic E-state index is 0.0143. The van der Waals surface area contributed by atoms with Crippen molar-refractivity contribution in [1.29, 1.82) is 5.26 Å². The molecule has 2 saturated heterocycles. The fourth-order valence-corrected chi connectivity index (χ4v) is 4.81. The molecule has 2 aliphatic heterocycles. The quantitative estimate of drug-likeness (QED) is 0.753. The molecule has 0 aromatic carbocycles. The summed E-state index contributed by atoms with van der Waals surface area (Å²) in [6, 6.07) is 2.21. The zero-order valence-corrected chi connectivity index (χ0v) is 16.3. The molecule has 3 fully saturated rings. The summed E-state index contributed by atoms with van der Waals surface area (Å²) >= 11 is 6.44. The van der Waals surface area contributed by atoms with Gasteiger partial charge in [0.2, 0.25) is 5.91 Å². The van der Waals surface area contributed by atoms with E-state index in [1.54, 1.807) is 9.32 Å². The van der Waals surface area contributed by atoms with Crippen LogP contribution in [0.25, 0.3) is 0 Å². The second-order valence-electron chi connectivity index (χ2n) is 8.09. The largest absolute Gasteiger partial charge is 0.336 e. The first-order valence-electron chi connectivity index (χ1n) is 9.56. The standard InChI is InChI=1S/C18H28ClN5O2/c1-12(2)21-18(26)22-9-13-6-16(7-14(13)10-22)24(19)11-17(25)23-5-3-4-15(23)8-20/h12-16H,3-7,9-11H2,1-2H3,(H,21,26)/t13-,14+,15?,16?. The predicted octanol–water partition coefficient (Wildman–Crippen LogP) is 1.79. The molecule has 1 saturated carbocycles. The van der Waals surface area contributed by atoms with Crippen LogP contribution in [0.5, 0.6) is 0 Å². The van der Waals surface area contributed by atoms with Gasteiger partial charge < -0.3 is 15.1 Å². The number of nitrogens with one attached hydrogen (secondary N) is 1. The van der Waals surface area contributed by atoms with E-state index in [0.717, 1.165) is 38.8 Å². The third-order valence-corrected chi connectivity index (χ3v) is 6.23. The van der Waals surface area contributed by atoms with Crippen LogP contribution < -0.4 is 5.32 Å². The zero-order valence-electron chi connectivity index (χ0n) is 15.5. The summed E-state index contributed by atoms with van der Waals surface area (Å²) in [5.41, 5.74) is 0. The Hall–Kier alpha value is -1.52. The SMILES string of the molecule is CC(C)NC(=O)N1C[C@H]2CC(N(Cl)CC(=O)N3CCCC3C#N)C[C@H]2C1. The van der Waals surface area contributed by atoms with Crippen molar-refractivity contribution < 1.29 is 9.59 Å². The first-order valence-corrected chi connectivity index (χ1v) is 9.89. The maximum Gasteiger partial charge on any atom is 0.317 e. The molecule has 1 aliphatic carbocycles. The Labute approximate surface area is 160 Å². The van der Waals surface area contributed by atoms with Gasteiger partial charge in [-0.3, -0.25) is 4.79 Å². The highest BCUT2D eigenvalue weighted by Crippen LogP contribution is 2.40. The molecule has 26 heavy (non-hydrogen) atoms. The van der Waals surface area contributed by atoms with E-state index in [1.807, 2.05) is 18.7 Å². The molecule has 3 amide bonds. The van der Waals surface area contributed by atoms with Gasteiger partial charge in [-0.2, -0.15) is 5.26 Å². The monoisotopic (exact) mass is 381 g/mol. The highest BCUT2D eigenvalue weighted by Gasteiger charge is 2.44. The van der Waals surface area contributed by atoms with Gasteiger partial charge in [-0.1, -0.05) is 0 Å². The van der Waals surface area contributed by atoms with E-state index in [0.29, 0.717) is 18.4 Å². The van der Waals surface area contributed by atoms with Crippen LogP contribution in [0.4, 0.5) is 4.79 Å². The van der Waals surface area contributed by atoms with Crippen LogP contribution in [0.3, 0.4) is 0 Å². The van der Waals surface area contributed by atoms with E-state index in [4.69, 9.17) is 17.0 Å². The Morgan fingerprint density at radius 3 is 2.54 bits per heavy atom. The van der Waals surface area contributed by atoms with E-state index in [1.165, 1.54) is 0 Å². The predicted molar refractivity (Wildman–Crippen MR) is 98.1 cm³/mol. The molecule has 8 heteroatoms. The first-order chi connectivity index (χ1) is 12.4. The summed E-state index contributed by atoms with van der Waals surface area (Å²) in [5, 5.41) is 12.1. The molecule has 7 nitrogen and oxygen atoms in total. The van der Waals surface area contributed by atoms with Crippen molar-refractivity contribution in [3.8, 4) is 6.07 Å². The van der Waals surface area contributed by atoms with Gasteiger partial charge in [0.25, 0.3) is 0 Å². The normalized spacial score (nSPS) is 30.8. The van der Waals surface area contributed by atoms with Crippen molar-refractivity contribution in [2.75, 3.05) is 26.2 Å².